The molecule has 5 nitrogen and oxygen atoms in total. The number of carbonyl (C=O) groups excluding carboxylic acids is 1. The van der Waals surface area contributed by atoms with Gasteiger partial charge < -0.3 is 9.13 Å². The molecular weight excluding hydrogens is 841 g/mol. The number of ketones is 1. The van der Waals surface area contributed by atoms with Gasteiger partial charge in [0.05, 0.1) is 33.1 Å². The Hall–Kier alpha value is -7.24. The third kappa shape index (κ3) is 7.37. The number of hydrogen-bond donors (Lipinski definition) is 0. The lowest BCUT2D eigenvalue weighted by Gasteiger charge is -2.19. The van der Waals surface area contributed by atoms with Crippen molar-refractivity contribution >= 4 is 71.2 Å². The maximum absolute atomic E-state index is 13.6. The monoisotopic (exact) mass is 902 g/mol. The summed E-state index contributed by atoms with van der Waals surface area (Å²) in [7, 11) is 0. The highest BCUT2D eigenvalue weighted by molar-refractivity contribution is 6.14. The van der Waals surface area contributed by atoms with E-state index in [2.05, 4.69) is 206 Å². The molecule has 0 saturated heterocycles. The maximum Gasteiger partial charge on any atom is 0.194 e. The van der Waals surface area contributed by atoms with Crippen LogP contribution < -0.4 is 0 Å². The molecule has 11 rings (SSSR count). The second-order valence-corrected chi connectivity index (χ2v) is 23.4. The number of hydrogen-bond acceptors (Lipinski definition) is 2. The van der Waals surface area contributed by atoms with E-state index < -0.39 is 0 Å². The first kappa shape index (κ1) is 44.3. The summed E-state index contributed by atoms with van der Waals surface area (Å²) >= 11 is 0. The van der Waals surface area contributed by atoms with E-state index in [0.717, 1.165) is 39.0 Å². The second kappa shape index (κ2) is 15.4. The molecule has 5 heteroatoms. The second-order valence-electron chi connectivity index (χ2n) is 23.4. The zero-order valence-corrected chi connectivity index (χ0v) is 42.2. The van der Waals surface area contributed by atoms with Gasteiger partial charge in [-0.2, -0.15) is 0 Å². The Kier molecular flexibility index (Phi) is 9.87. The van der Waals surface area contributed by atoms with Crippen LogP contribution in [0.2, 0.25) is 0 Å². The number of carbonyl (C=O) groups is 1. The lowest BCUT2D eigenvalue weighted by atomic mass is 9.85. The van der Waals surface area contributed by atoms with E-state index in [1.807, 2.05) is 42.5 Å². The first-order valence-corrected chi connectivity index (χ1v) is 24.5. The van der Waals surface area contributed by atoms with Crippen molar-refractivity contribution in [1.29, 1.82) is 0 Å². The van der Waals surface area contributed by atoms with Crippen LogP contribution in [0.4, 0.5) is 0 Å². The van der Waals surface area contributed by atoms with Gasteiger partial charge in [0.1, 0.15) is 5.82 Å². The van der Waals surface area contributed by atoms with E-state index in [1.165, 1.54) is 65.9 Å². The van der Waals surface area contributed by atoms with E-state index in [4.69, 9.17) is 4.98 Å². The minimum atomic E-state index is -0.0445. The summed E-state index contributed by atoms with van der Waals surface area (Å²) in [6.07, 6.45) is 1.72. The Morgan fingerprint density at radius 2 is 0.681 bits per heavy atom. The number of fused-ring (bicyclic) bond motifs is 9. The lowest BCUT2D eigenvalue weighted by molar-refractivity contribution is 0.103. The summed E-state index contributed by atoms with van der Waals surface area (Å²) in [5.74, 6) is 0.708. The van der Waals surface area contributed by atoms with Crippen LogP contribution in [-0.2, 0) is 21.7 Å². The minimum absolute atomic E-state index is 0.00387. The van der Waals surface area contributed by atoms with E-state index in [1.54, 1.807) is 6.20 Å². The summed E-state index contributed by atoms with van der Waals surface area (Å²) in [6.45, 7) is 27.5. The molecule has 0 unspecified atom stereocenters. The van der Waals surface area contributed by atoms with E-state index >= 15 is 0 Å². The zero-order chi connectivity index (χ0) is 48.5. The third-order valence-electron chi connectivity index (χ3n) is 14.5. The highest BCUT2D eigenvalue weighted by atomic mass is 16.1. The summed E-state index contributed by atoms with van der Waals surface area (Å²) in [6, 6.07) is 55.2. The normalized spacial score (nSPS) is 13.0. The van der Waals surface area contributed by atoms with Crippen molar-refractivity contribution in [3.8, 4) is 17.2 Å². The molecule has 0 aliphatic rings. The largest absolute Gasteiger partial charge is 0.309 e. The van der Waals surface area contributed by atoms with Gasteiger partial charge in [-0.15, -0.1) is 0 Å². The molecule has 0 aliphatic carbocycles. The zero-order valence-electron chi connectivity index (χ0n) is 42.2. The van der Waals surface area contributed by atoms with Gasteiger partial charge >= 0.3 is 0 Å². The Labute approximate surface area is 406 Å². The van der Waals surface area contributed by atoms with Crippen molar-refractivity contribution in [2.45, 2.75) is 105 Å². The van der Waals surface area contributed by atoms with Crippen molar-refractivity contribution in [3.05, 3.63) is 191 Å². The van der Waals surface area contributed by atoms with Crippen LogP contribution in [0.15, 0.2) is 158 Å². The molecule has 344 valence electrons. The van der Waals surface area contributed by atoms with Gasteiger partial charge in [-0.05, 0) is 141 Å². The molecule has 0 saturated carbocycles. The van der Waals surface area contributed by atoms with Crippen molar-refractivity contribution < 1.29 is 4.79 Å². The molecule has 0 amide bonds. The first-order chi connectivity index (χ1) is 32.6. The molecule has 0 aliphatic heterocycles. The molecule has 0 bridgehead atoms. The third-order valence-corrected chi connectivity index (χ3v) is 14.5. The SMILES string of the molecule is CC(C)(C)c1ccc2c(c1)c1cc(C(C)(C)C)ccc1n2-c1ccc2c(c1)c1cc(-n3c4ccc(C(C)(C)C)cc4c4cc(C(C)(C)C)ccc43)ccc1n2-c1ccc(C(=O)c2ccccc2)cn1. The number of benzene rings is 7. The van der Waals surface area contributed by atoms with Gasteiger partial charge in [0.15, 0.2) is 5.78 Å². The highest BCUT2D eigenvalue weighted by Gasteiger charge is 2.25. The van der Waals surface area contributed by atoms with Crippen LogP contribution in [0.1, 0.15) is 121 Å². The van der Waals surface area contributed by atoms with E-state index in [-0.39, 0.29) is 27.4 Å². The standard InChI is InChI=1S/C64H62N4O/c1-61(2,3)41-19-25-53-47(32-41)48-33-42(62(4,5)6)20-26-54(48)66(53)45-23-29-57-51(36-45)52-37-46(24-30-58(52)68(57)59-31-18-40(38-65-59)60(69)39-16-14-13-15-17-39)67-55-27-21-43(63(7,8)9)34-49(55)50-35-44(64(10,11)12)22-28-56(50)67/h13-38H,1-12H3. The number of pyridine rings is 1. The lowest BCUT2D eigenvalue weighted by Crippen LogP contribution is -2.10. The fourth-order valence-electron chi connectivity index (χ4n) is 10.4. The van der Waals surface area contributed by atoms with Gasteiger partial charge in [-0.25, -0.2) is 4.98 Å². The topological polar surface area (TPSA) is 44.8 Å². The Morgan fingerprint density at radius 1 is 0.348 bits per heavy atom. The smallest absolute Gasteiger partial charge is 0.194 e. The maximum atomic E-state index is 13.6. The molecule has 7 aromatic carbocycles. The Bertz CT molecular complexity index is 3520. The molecule has 4 heterocycles. The average molecular weight is 903 g/mol. The summed E-state index contributed by atoms with van der Waals surface area (Å²) in [5.41, 5.74) is 15.5. The fourth-order valence-corrected chi connectivity index (χ4v) is 10.4. The minimum Gasteiger partial charge on any atom is -0.309 e. The molecule has 11 aromatic rings. The molecule has 0 atom stereocenters. The average Bonchev–Trinajstić information content (AvgIpc) is 3.94. The quantitative estimate of drug-likeness (QED) is 0.162. The van der Waals surface area contributed by atoms with Gasteiger partial charge in [-0.3, -0.25) is 9.36 Å². The van der Waals surface area contributed by atoms with Crippen LogP contribution in [-0.4, -0.2) is 24.5 Å². The molecule has 0 N–H and O–H groups in total. The van der Waals surface area contributed by atoms with Crippen molar-refractivity contribution in [2.75, 3.05) is 0 Å². The first-order valence-electron chi connectivity index (χ1n) is 24.5. The predicted molar refractivity (Wildman–Crippen MR) is 292 cm³/mol. The van der Waals surface area contributed by atoms with Gasteiger partial charge in [0.2, 0.25) is 0 Å². The van der Waals surface area contributed by atoms with Crippen LogP contribution in [0.25, 0.3) is 82.6 Å². The fraction of sp³-hybridized carbons (Fsp3) is 0.250. The Balaban J connectivity index is 1.18. The summed E-state index contributed by atoms with van der Waals surface area (Å²) in [4.78, 5) is 18.6. The van der Waals surface area contributed by atoms with Crippen LogP contribution in [0, 0.1) is 0 Å². The van der Waals surface area contributed by atoms with Crippen molar-refractivity contribution in [3.63, 3.8) is 0 Å². The van der Waals surface area contributed by atoms with Gasteiger partial charge in [0, 0.05) is 61.0 Å². The van der Waals surface area contributed by atoms with Crippen LogP contribution in [0.5, 0.6) is 0 Å². The Morgan fingerprint density at radius 3 is 1.01 bits per heavy atom. The van der Waals surface area contributed by atoms with Crippen LogP contribution >= 0.6 is 0 Å². The molecule has 4 aromatic heterocycles. The predicted octanol–water partition coefficient (Wildman–Crippen LogP) is 16.8. The van der Waals surface area contributed by atoms with E-state index in [9.17, 15) is 4.79 Å². The molecular formula is C64H62N4O. The summed E-state index contributed by atoms with van der Waals surface area (Å²) < 4.78 is 7.15. The number of nitrogens with zero attached hydrogens (tertiary/aromatic N) is 4. The number of rotatable bonds is 5. The molecule has 0 fully saturated rings. The van der Waals surface area contributed by atoms with Crippen molar-refractivity contribution in [2.24, 2.45) is 0 Å². The number of aromatic nitrogens is 4. The van der Waals surface area contributed by atoms with E-state index in [0.29, 0.717) is 11.1 Å². The molecule has 0 spiro atoms. The molecule has 0 radical (unpaired) electrons. The van der Waals surface area contributed by atoms with Crippen LogP contribution in [0.3, 0.4) is 0 Å². The van der Waals surface area contributed by atoms with Crippen molar-refractivity contribution in [1.82, 2.24) is 18.7 Å². The summed E-state index contributed by atoms with van der Waals surface area (Å²) in [5, 5.41) is 7.29. The van der Waals surface area contributed by atoms with Gasteiger partial charge in [-0.1, -0.05) is 138 Å². The molecule has 69 heavy (non-hydrogen) atoms. The van der Waals surface area contributed by atoms with Gasteiger partial charge in [0.25, 0.3) is 0 Å². The highest BCUT2D eigenvalue weighted by Crippen LogP contribution is 2.42.